The van der Waals surface area contributed by atoms with Crippen LogP contribution >= 0.6 is 22.6 Å². The van der Waals surface area contributed by atoms with Crippen molar-refractivity contribution in [3.05, 3.63) is 87.0 Å². The monoisotopic (exact) mass is 556 g/mol. The lowest BCUT2D eigenvalue weighted by Gasteiger charge is -2.17. The lowest BCUT2D eigenvalue weighted by Crippen LogP contribution is -2.42. The summed E-state index contributed by atoms with van der Waals surface area (Å²) in [6.07, 6.45) is -0.722. The van der Waals surface area contributed by atoms with E-state index in [4.69, 9.17) is 4.74 Å². The van der Waals surface area contributed by atoms with Crippen molar-refractivity contribution in [1.82, 2.24) is 5.32 Å². The number of rotatable bonds is 6. The number of alkyl carbamates (subject to hydrolysis) is 1. The lowest BCUT2D eigenvalue weighted by molar-refractivity contribution is -0.117. The quantitative estimate of drug-likeness (QED) is 0.377. The molecule has 3 aromatic carbocycles. The number of aromatic carboxylic acids is 1. The number of nitrogens with one attached hydrogen (secondary N) is 2. The summed E-state index contributed by atoms with van der Waals surface area (Å²) < 4.78 is 6.19. The SMILES string of the molecule is C[C@@H](NC(=O)OCC1c2ccccc2-c2ccccc21)C(=O)Nc1ccc(I)cc1C(=O)O. The van der Waals surface area contributed by atoms with Crippen molar-refractivity contribution in [1.29, 1.82) is 0 Å². The number of halogens is 1. The maximum absolute atomic E-state index is 12.5. The topological polar surface area (TPSA) is 105 Å². The van der Waals surface area contributed by atoms with E-state index < -0.39 is 24.0 Å². The number of amides is 2. The van der Waals surface area contributed by atoms with Gasteiger partial charge >= 0.3 is 12.1 Å². The van der Waals surface area contributed by atoms with Gasteiger partial charge in [-0.25, -0.2) is 9.59 Å². The van der Waals surface area contributed by atoms with Gasteiger partial charge in [0.2, 0.25) is 5.91 Å². The molecule has 3 aromatic rings. The van der Waals surface area contributed by atoms with Crippen LogP contribution in [0.3, 0.4) is 0 Å². The van der Waals surface area contributed by atoms with Crippen LogP contribution in [0.5, 0.6) is 0 Å². The Morgan fingerprint density at radius 2 is 1.61 bits per heavy atom. The molecule has 8 heteroatoms. The number of anilines is 1. The van der Waals surface area contributed by atoms with Gasteiger partial charge < -0.3 is 20.5 Å². The van der Waals surface area contributed by atoms with Crippen molar-refractivity contribution in [2.24, 2.45) is 0 Å². The predicted octanol–water partition coefficient (Wildman–Crippen LogP) is 4.86. The van der Waals surface area contributed by atoms with Gasteiger partial charge in [0.15, 0.2) is 0 Å². The Morgan fingerprint density at radius 1 is 1.00 bits per heavy atom. The highest BCUT2D eigenvalue weighted by Crippen LogP contribution is 2.44. The molecule has 0 radical (unpaired) electrons. The van der Waals surface area contributed by atoms with Crippen molar-refractivity contribution in [3.63, 3.8) is 0 Å². The first-order chi connectivity index (χ1) is 15.8. The lowest BCUT2D eigenvalue weighted by atomic mass is 9.98. The number of carboxylic acid groups (broad SMARTS) is 1. The van der Waals surface area contributed by atoms with Crippen molar-refractivity contribution in [2.75, 3.05) is 11.9 Å². The second-order valence-electron chi connectivity index (χ2n) is 7.68. The third kappa shape index (κ3) is 4.85. The fraction of sp³-hybridized carbons (Fsp3) is 0.160. The Hall–Kier alpha value is -3.40. The van der Waals surface area contributed by atoms with E-state index in [0.717, 1.165) is 25.8 Å². The molecular weight excluding hydrogens is 535 g/mol. The number of hydrogen-bond donors (Lipinski definition) is 3. The number of carbonyl (C=O) groups excluding carboxylic acids is 2. The van der Waals surface area contributed by atoms with Crippen LogP contribution in [0.4, 0.5) is 10.5 Å². The normalized spacial score (nSPS) is 12.9. The van der Waals surface area contributed by atoms with Crippen molar-refractivity contribution >= 4 is 46.2 Å². The average Bonchev–Trinajstić information content (AvgIpc) is 3.12. The van der Waals surface area contributed by atoms with E-state index in [0.29, 0.717) is 0 Å². The van der Waals surface area contributed by atoms with Gasteiger partial charge in [-0.15, -0.1) is 0 Å². The summed E-state index contributed by atoms with van der Waals surface area (Å²) in [6.45, 7) is 1.64. The van der Waals surface area contributed by atoms with Gasteiger partial charge in [0.05, 0.1) is 11.3 Å². The summed E-state index contributed by atoms with van der Waals surface area (Å²) >= 11 is 1.99. The van der Waals surface area contributed by atoms with Gasteiger partial charge in [-0.2, -0.15) is 0 Å². The molecule has 2 amide bonds. The molecule has 0 aromatic heterocycles. The Labute approximate surface area is 204 Å². The molecule has 0 saturated carbocycles. The zero-order valence-electron chi connectivity index (χ0n) is 17.7. The zero-order chi connectivity index (χ0) is 23.5. The summed E-state index contributed by atoms with van der Waals surface area (Å²) in [6, 6.07) is 19.8. The highest BCUT2D eigenvalue weighted by molar-refractivity contribution is 14.1. The van der Waals surface area contributed by atoms with Crippen LogP contribution in [0.1, 0.15) is 34.3 Å². The number of hydrogen-bond acceptors (Lipinski definition) is 4. The molecule has 0 saturated heterocycles. The van der Waals surface area contributed by atoms with E-state index in [-0.39, 0.29) is 23.8 Å². The molecule has 1 atom stereocenters. The van der Waals surface area contributed by atoms with Crippen molar-refractivity contribution in [2.45, 2.75) is 18.9 Å². The van der Waals surface area contributed by atoms with E-state index in [9.17, 15) is 19.5 Å². The summed E-state index contributed by atoms with van der Waals surface area (Å²) in [4.78, 5) is 36.4. The summed E-state index contributed by atoms with van der Waals surface area (Å²) in [5, 5.41) is 14.4. The van der Waals surface area contributed by atoms with E-state index in [1.54, 1.807) is 6.07 Å². The van der Waals surface area contributed by atoms with Gasteiger partial charge in [-0.3, -0.25) is 4.79 Å². The summed E-state index contributed by atoms with van der Waals surface area (Å²) in [5.74, 6) is -1.79. The van der Waals surface area contributed by atoms with E-state index >= 15 is 0 Å². The Kier molecular flexibility index (Phi) is 6.64. The van der Waals surface area contributed by atoms with Gasteiger partial charge in [0.1, 0.15) is 12.6 Å². The first kappa shape index (κ1) is 22.8. The number of carbonyl (C=O) groups is 3. The molecule has 0 unspecified atom stereocenters. The van der Waals surface area contributed by atoms with E-state index in [1.807, 2.05) is 59.0 Å². The smallest absolute Gasteiger partial charge is 0.407 e. The highest BCUT2D eigenvalue weighted by Gasteiger charge is 2.29. The molecule has 33 heavy (non-hydrogen) atoms. The Balaban J connectivity index is 1.38. The minimum Gasteiger partial charge on any atom is -0.478 e. The van der Waals surface area contributed by atoms with Crippen molar-refractivity contribution < 1.29 is 24.2 Å². The van der Waals surface area contributed by atoms with Crippen LogP contribution in [0.2, 0.25) is 0 Å². The number of ether oxygens (including phenoxy) is 1. The van der Waals surface area contributed by atoms with Crippen molar-refractivity contribution in [3.8, 4) is 11.1 Å². The molecular formula is C25H21IN2O5. The molecule has 0 bridgehead atoms. The molecule has 1 aliphatic rings. The standard InChI is InChI=1S/C25H21IN2O5/c1-14(23(29)28-22-11-10-15(26)12-20(22)24(30)31)27-25(32)33-13-21-18-8-4-2-6-16(18)17-7-3-5-9-19(17)21/h2-12,14,21H,13H2,1H3,(H,27,32)(H,28,29)(H,30,31)/t14-/m1/s1. The summed E-state index contributed by atoms with van der Waals surface area (Å²) in [7, 11) is 0. The molecule has 1 aliphatic carbocycles. The molecule has 0 spiro atoms. The molecule has 0 fully saturated rings. The van der Waals surface area contributed by atoms with Crippen LogP contribution in [-0.2, 0) is 9.53 Å². The third-order valence-electron chi connectivity index (χ3n) is 5.54. The van der Waals surface area contributed by atoms with Gasteiger partial charge in [0, 0.05) is 9.49 Å². The Bertz CT molecular complexity index is 1200. The van der Waals surface area contributed by atoms with Crippen LogP contribution < -0.4 is 10.6 Å². The fourth-order valence-corrected chi connectivity index (χ4v) is 4.42. The predicted molar refractivity (Wildman–Crippen MR) is 132 cm³/mol. The van der Waals surface area contributed by atoms with Gasteiger partial charge in [-0.1, -0.05) is 48.5 Å². The molecule has 0 heterocycles. The van der Waals surface area contributed by atoms with Gasteiger partial charge in [-0.05, 0) is 70.0 Å². The first-order valence-corrected chi connectivity index (χ1v) is 11.4. The minimum atomic E-state index is -1.15. The molecule has 4 rings (SSSR count). The molecule has 168 valence electrons. The second kappa shape index (κ2) is 9.62. The van der Waals surface area contributed by atoms with Crippen LogP contribution in [0.25, 0.3) is 11.1 Å². The maximum Gasteiger partial charge on any atom is 0.407 e. The van der Waals surface area contributed by atoms with Gasteiger partial charge in [0.25, 0.3) is 0 Å². The first-order valence-electron chi connectivity index (χ1n) is 10.3. The Morgan fingerprint density at radius 3 is 2.21 bits per heavy atom. The van der Waals surface area contributed by atoms with Crippen LogP contribution in [0, 0.1) is 3.57 Å². The summed E-state index contributed by atoms with van der Waals surface area (Å²) in [5.41, 5.74) is 4.58. The molecule has 7 nitrogen and oxygen atoms in total. The largest absolute Gasteiger partial charge is 0.478 e. The van der Waals surface area contributed by atoms with E-state index in [2.05, 4.69) is 22.8 Å². The van der Waals surface area contributed by atoms with Crippen LogP contribution in [-0.4, -0.2) is 35.7 Å². The highest BCUT2D eigenvalue weighted by atomic mass is 127. The second-order valence-corrected chi connectivity index (χ2v) is 8.92. The zero-order valence-corrected chi connectivity index (χ0v) is 19.8. The van der Waals surface area contributed by atoms with Crippen LogP contribution in [0.15, 0.2) is 66.7 Å². The molecule has 3 N–H and O–H groups in total. The minimum absolute atomic E-state index is 0.0245. The number of fused-ring (bicyclic) bond motifs is 3. The van der Waals surface area contributed by atoms with E-state index in [1.165, 1.54) is 19.1 Å². The average molecular weight is 556 g/mol. The molecule has 0 aliphatic heterocycles. The number of carboxylic acids is 1. The third-order valence-corrected chi connectivity index (χ3v) is 6.21. The number of benzene rings is 3. The fourth-order valence-electron chi connectivity index (χ4n) is 3.93. The maximum atomic E-state index is 12.5.